The molecule has 0 radical (unpaired) electrons. The fourth-order valence-electron chi connectivity index (χ4n) is 3.55. The van der Waals surface area contributed by atoms with Gasteiger partial charge >= 0.3 is 0 Å². The topological polar surface area (TPSA) is 66.0 Å². The molecule has 6 nitrogen and oxygen atoms in total. The minimum atomic E-state index is -0.261. The van der Waals surface area contributed by atoms with Gasteiger partial charge in [0.05, 0.1) is 26.9 Å². The van der Waals surface area contributed by atoms with Crippen molar-refractivity contribution in [3.63, 3.8) is 0 Å². The van der Waals surface area contributed by atoms with Crippen LogP contribution >= 0.6 is 0 Å². The lowest BCUT2D eigenvalue weighted by atomic mass is 10.1. The summed E-state index contributed by atoms with van der Waals surface area (Å²) in [7, 11) is 3.21. The average Bonchev–Trinajstić information content (AvgIpc) is 3.10. The largest absolute Gasteiger partial charge is 0.497 e. The molecule has 2 aromatic rings. The van der Waals surface area contributed by atoms with Crippen molar-refractivity contribution in [1.82, 2.24) is 5.32 Å². The number of fused-ring (bicyclic) bond motifs is 1. The van der Waals surface area contributed by atoms with Gasteiger partial charge in [0.25, 0.3) is 0 Å². The van der Waals surface area contributed by atoms with E-state index in [2.05, 4.69) is 5.32 Å². The molecular formula is C24H29NO5. The van der Waals surface area contributed by atoms with Gasteiger partial charge in [0.15, 0.2) is 0 Å². The van der Waals surface area contributed by atoms with Gasteiger partial charge in [0.2, 0.25) is 5.91 Å². The van der Waals surface area contributed by atoms with Crippen LogP contribution in [-0.2, 0) is 11.2 Å². The van der Waals surface area contributed by atoms with Gasteiger partial charge < -0.3 is 24.3 Å². The van der Waals surface area contributed by atoms with Crippen LogP contribution in [0.1, 0.15) is 43.5 Å². The van der Waals surface area contributed by atoms with E-state index in [1.807, 2.05) is 51.1 Å². The summed E-state index contributed by atoms with van der Waals surface area (Å²) in [5, 5.41) is 2.97. The van der Waals surface area contributed by atoms with Gasteiger partial charge in [-0.1, -0.05) is 0 Å². The van der Waals surface area contributed by atoms with E-state index < -0.39 is 0 Å². The van der Waals surface area contributed by atoms with Crippen molar-refractivity contribution in [3.05, 3.63) is 53.1 Å². The zero-order valence-electron chi connectivity index (χ0n) is 18.2. The maximum atomic E-state index is 12.6. The van der Waals surface area contributed by atoms with Gasteiger partial charge in [-0.15, -0.1) is 0 Å². The first kappa shape index (κ1) is 21.6. The maximum absolute atomic E-state index is 12.6. The molecule has 0 aromatic heterocycles. The monoisotopic (exact) mass is 411 g/mol. The van der Waals surface area contributed by atoms with Crippen molar-refractivity contribution in [3.8, 4) is 23.0 Å². The molecule has 1 N–H and O–H groups in total. The van der Waals surface area contributed by atoms with E-state index in [-0.39, 0.29) is 18.1 Å². The molecule has 1 aliphatic heterocycles. The second-order valence-electron chi connectivity index (χ2n) is 7.23. The number of ether oxygens (including phenoxy) is 4. The second-order valence-corrected chi connectivity index (χ2v) is 7.23. The van der Waals surface area contributed by atoms with Gasteiger partial charge in [-0.25, -0.2) is 0 Å². The number of nitrogens with one attached hydrogen (secondary N) is 1. The Kier molecular flexibility index (Phi) is 6.87. The SMILES string of the molecule is CCOc1cc2c(cc1/C=C/C(=O)N[C@@H](C)c1cc(OC)ccc1OC)O[C@H](C)C2. The van der Waals surface area contributed by atoms with Crippen LogP contribution in [0, 0.1) is 0 Å². The summed E-state index contributed by atoms with van der Waals surface area (Å²) < 4.78 is 22.3. The highest BCUT2D eigenvalue weighted by Gasteiger charge is 2.21. The summed E-state index contributed by atoms with van der Waals surface area (Å²) in [6.07, 6.45) is 4.27. The van der Waals surface area contributed by atoms with E-state index >= 15 is 0 Å². The van der Waals surface area contributed by atoms with Gasteiger partial charge in [-0.3, -0.25) is 4.79 Å². The highest BCUT2D eigenvalue weighted by atomic mass is 16.5. The molecule has 0 spiro atoms. The van der Waals surface area contributed by atoms with Crippen molar-refractivity contribution >= 4 is 12.0 Å². The first-order valence-corrected chi connectivity index (χ1v) is 10.1. The van der Waals surface area contributed by atoms with Crippen LogP contribution in [0.3, 0.4) is 0 Å². The number of benzene rings is 2. The van der Waals surface area contributed by atoms with Crippen LogP contribution in [-0.4, -0.2) is 32.8 Å². The standard InChI is InChI=1S/C24H29NO5/c1-6-29-22-13-18-11-15(2)30-23(18)12-17(22)7-10-24(26)25-16(3)20-14-19(27-4)8-9-21(20)28-5/h7-10,12-16H,6,11H2,1-5H3,(H,25,26)/b10-7+/t15-,16+/m1/s1. The predicted molar refractivity (Wildman–Crippen MR) is 117 cm³/mol. The Labute approximate surface area is 177 Å². The molecule has 2 aromatic carbocycles. The van der Waals surface area contributed by atoms with Crippen LogP contribution in [0.25, 0.3) is 6.08 Å². The summed E-state index contributed by atoms with van der Waals surface area (Å²) in [6, 6.07) is 9.18. The Morgan fingerprint density at radius 3 is 2.73 bits per heavy atom. The molecule has 0 unspecified atom stereocenters. The summed E-state index contributed by atoms with van der Waals surface area (Å²) in [5.41, 5.74) is 2.78. The number of rotatable bonds is 8. The van der Waals surface area contributed by atoms with Crippen molar-refractivity contribution in [2.75, 3.05) is 20.8 Å². The molecule has 6 heteroatoms. The fourth-order valence-corrected chi connectivity index (χ4v) is 3.55. The minimum Gasteiger partial charge on any atom is -0.497 e. The first-order chi connectivity index (χ1) is 14.4. The van der Waals surface area contributed by atoms with Crippen LogP contribution in [0.5, 0.6) is 23.0 Å². The Balaban J connectivity index is 1.76. The lowest BCUT2D eigenvalue weighted by Gasteiger charge is -2.17. The Morgan fingerprint density at radius 1 is 1.23 bits per heavy atom. The molecule has 1 heterocycles. The molecule has 0 saturated carbocycles. The summed E-state index contributed by atoms with van der Waals surface area (Å²) in [5.74, 6) is 2.78. The lowest BCUT2D eigenvalue weighted by molar-refractivity contribution is -0.117. The number of hydrogen-bond acceptors (Lipinski definition) is 5. The Morgan fingerprint density at radius 2 is 2.03 bits per heavy atom. The van der Waals surface area contributed by atoms with Crippen LogP contribution in [0.4, 0.5) is 0 Å². The average molecular weight is 411 g/mol. The van der Waals surface area contributed by atoms with Crippen molar-refractivity contribution in [2.24, 2.45) is 0 Å². The molecule has 0 fully saturated rings. The van der Waals surface area contributed by atoms with E-state index in [1.165, 1.54) is 6.08 Å². The number of hydrogen-bond donors (Lipinski definition) is 1. The summed E-state index contributed by atoms with van der Waals surface area (Å²) in [6.45, 7) is 6.43. The molecule has 0 aliphatic carbocycles. The third-order valence-electron chi connectivity index (χ3n) is 5.00. The molecule has 1 aliphatic rings. The van der Waals surface area contributed by atoms with Crippen molar-refractivity contribution in [2.45, 2.75) is 39.3 Å². The fraction of sp³-hybridized carbons (Fsp3) is 0.375. The lowest BCUT2D eigenvalue weighted by Crippen LogP contribution is -2.25. The van der Waals surface area contributed by atoms with E-state index in [9.17, 15) is 4.79 Å². The van der Waals surface area contributed by atoms with Crippen molar-refractivity contribution < 1.29 is 23.7 Å². The van der Waals surface area contributed by atoms with Gasteiger partial charge in [0.1, 0.15) is 29.1 Å². The molecule has 2 atom stereocenters. The molecular weight excluding hydrogens is 382 g/mol. The molecule has 3 rings (SSSR count). The highest BCUT2D eigenvalue weighted by Crippen LogP contribution is 2.36. The van der Waals surface area contributed by atoms with E-state index in [1.54, 1.807) is 20.3 Å². The van der Waals surface area contributed by atoms with Gasteiger partial charge in [0, 0.05) is 29.2 Å². The number of carbonyl (C=O) groups is 1. The zero-order valence-corrected chi connectivity index (χ0v) is 18.2. The molecule has 30 heavy (non-hydrogen) atoms. The van der Waals surface area contributed by atoms with E-state index in [0.717, 1.165) is 34.6 Å². The van der Waals surface area contributed by atoms with Crippen molar-refractivity contribution in [1.29, 1.82) is 0 Å². The third-order valence-corrected chi connectivity index (χ3v) is 5.00. The zero-order chi connectivity index (χ0) is 21.7. The quantitative estimate of drug-likeness (QED) is 0.656. The summed E-state index contributed by atoms with van der Waals surface area (Å²) >= 11 is 0. The number of methoxy groups -OCH3 is 2. The minimum absolute atomic E-state index is 0.149. The van der Waals surface area contributed by atoms with Gasteiger partial charge in [-0.05, 0) is 57.2 Å². The maximum Gasteiger partial charge on any atom is 0.244 e. The van der Waals surface area contributed by atoms with E-state index in [0.29, 0.717) is 18.1 Å². The van der Waals surface area contributed by atoms with Crippen LogP contribution < -0.4 is 24.3 Å². The summed E-state index contributed by atoms with van der Waals surface area (Å²) in [4.78, 5) is 12.6. The van der Waals surface area contributed by atoms with Crippen LogP contribution in [0.15, 0.2) is 36.4 Å². The van der Waals surface area contributed by atoms with E-state index in [4.69, 9.17) is 18.9 Å². The molecule has 0 bridgehead atoms. The molecule has 1 amide bonds. The molecule has 0 saturated heterocycles. The van der Waals surface area contributed by atoms with Gasteiger partial charge in [-0.2, -0.15) is 0 Å². The normalized spacial score (nSPS) is 16.0. The Hall–Kier alpha value is -3.15. The third kappa shape index (κ3) is 4.87. The smallest absolute Gasteiger partial charge is 0.244 e. The molecule has 160 valence electrons. The number of carbonyl (C=O) groups excluding carboxylic acids is 1. The second kappa shape index (κ2) is 9.57. The predicted octanol–water partition coefficient (Wildman–Crippen LogP) is 4.32. The van der Waals surface area contributed by atoms with Crippen LogP contribution in [0.2, 0.25) is 0 Å². The Bertz CT molecular complexity index is 937. The highest BCUT2D eigenvalue weighted by molar-refractivity contribution is 5.92. The number of amides is 1. The first-order valence-electron chi connectivity index (χ1n) is 10.1.